The molecule has 0 bridgehead atoms. The third-order valence-electron chi connectivity index (χ3n) is 5.99. The minimum atomic E-state index is -4.58. The summed E-state index contributed by atoms with van der Waals surface area (Å²) >= 11 is 1.19. The minimum Gasteiger partial charge on any atom is -0.460 e. The number of hydrogen-bond donors (Lipinski definition) is 0. The molecule has 3 heterocycles. The molecular formula is C25H27F3N4O2S. The van der Waals surface area contributed by atoms with Crippen LogP contribution in [0.5, 0.6) is 0 Å². The zero-order valence-corrected chi connectivity index (χ0v) is 20.3. The summed E-state index contributed by atoms with van der Waals surface area (Å²) < 4.78 is 51.5. The number of aryl methyl sites for hydroxylation is 1. The van der Waals surface area contributed by atoms with Crippen molar-refractivity contribution in [1.29, 1.82) is 5.26 Å². The molecule has 6 nitrogen and oxygen atoms in total. The molecule has 1 aromatic rings. The average molecular weight is 505 g/mol. The lowest BCUT2D eigenvalue weighted by atomic mass is 10.0. The van der Waals surface area contributed by atoms with Crippen molar-refractivity contribution in [3.63, 3.8) is 0 Å². The number of piperazine rings is 1. The van der Waals surface area contributed by atoms with Crippen LogP contribution < -0.4 is 0 Å². The first-order chi connectivity index (χ1) is 16.8. The Morgan fingerprint density at radius 1 is 1.17 bits per heavy atom. The molecule has 0 aromatic carbocycles. The molecule has 0 amide bonds. The highest BCUT2D eigenvalue weighted by molar-refractivity contribution is 7.99. The van der Waals surface area contributed by atoms with Crippen LogP contribution in [0.1, 0.15) is 36.1 Å². The second kappa shape index (κ2) is 11.2. The number of allylic oxidation sites excluding steroid dienone is 4. The summed E-state index contributed by atoms with van der Waals surface area (Å²) in [4.78, 5) is 8.54. The smallest absolute Gasteiger partial charge is 0.417 e. The molecule has 0 N–H and O–H groups in total. The number of thioether (sulfide) groups is 1. The molecule has 10 heteroatoms. The van der Waals surface area contributed by atoms with Crippen molar-refractivity contribution in [2.45, 2.75) is 37.4 Å². The van der Waals surface area contributed by atoms with E-state index in [1.807, 2.05) is 0 Å². The summed E-state index contributed by atoms with van der Waals surface area (Å²) in [6.45, 7) is 5.28. The molecule has 186 valence electrons. The Hall–Kier alpha value is -2.90. The number of nitriles is 1. The van der Waals surface area contributed by atoms with Crippen LogP contribution in [0.15, 0.2) is 59.1 Å². The topological polar surface area (TPSA) is 61.6 Å². The maximum Gasteiger partial charge on any atom is 0.417 e. The molecule has 0 unspecified atom stereocenters. The van der Waals surface area contributed by atoms with E-state index in [2.05, 4.69) is 33.0 Å². The number of pyridine rings is 1. The third kappa shape index (κ3) is 6.61. The van der Waals surface area contributed by atoms with Gasteiger partial charge in [0.2, 0.25) is 5.88 Å². The fourth-order valence-electron chi connectivity index (χ4n) is 4.11. The monoisotopic (exact) mass is 504 g/mol. The Balaban J connectivity index is 1.23. The highest BCUT2D eigenvalue weighted by Crippen LogP contribution is 2.36. The van der Waals surface area contributed by atoms with E-state index in [1.165, 1.54) is 24.3 Å². The van der Waals surface area contributed by atoms with Gasteiger partial charge in [-0.25, -0.2) is 4.98 Å². The molecule has 3 aliphatic rings. The quantitative estimate of drug-likeness (QED) is 0.464. The molecule has 0 spiro atoms. The number of alkyl halides is 3. The number of nitrogens with zero attached hydrogens (tertiary/aromatic N) is 4. The second-order valence-corrected chi connectivity index (χ2v) is 9.61. The Kier molecular flexibility index (Phi) is 8.08. The van der Waals surface area contributed by atoms with Gasteiger partial charge in [-0.15, -0.1) is 11.8 Å². The lowest BCUT2D eigenvalue weighted by Gasteiger charge is -2.36. The van der Waals surface area contributed by atoms with Gasteiger partial charge in [0.05, 0.1) is 11.1 Å². The van der Waals surface area contributed by atoms with Gasteiger partial charge in [0.15, 0.2) is 6.26 Å². The van der Waals surface area contributed by atoms with Crippen molar-refractivity contribution in [3.8, 4) is 6.07 Å². The summed E-state index contributed by atoms with van der Waals surface area (Å²) in [5, 5.41) is 9.43. The van der Waals surface area contributed by atoms with Crippen molar-refractivity contribution in [1.82, 2.24) is 14.8 Å². The number of ether oxygens (including phenoxy) is 2. The number of halogens is 3. The van der Waals surface area contributed by atoms with Crippen molar-refractivity contribution in [2.75, 3.05) is 38.5 Å². The van der Waals surface area contributed by atoms with Crippen LogP contribution in [0, 0.1) is 18.3 Å². The first-order valence-corrected chi connectivity index (χ1v) is 12.5. The van der Waals surface area contributed by atoms with E-state index in [-0.39, 0.29) is 10.7 Å². The van der Waals surface area contributed by atoms with Crippen LogP contribution >= 0.6 is 11.8 Å². The second-order valence-electron chi connectivity index (χ2n) is 8.52. The standard InChI is InChI=1S/C25H27F3N4O2S/c1-18-13-22(25(26,27)28)21(15-29)24(30-18)35-12-11-31-7-9-32(10-8-31)23-17-33-20(16-34-23)14-19-5-3-2-4-6-19/h2-3,5,13,16-17H,4,6-12,14H2,1H3. The summed E-state index contributed by atoms with van der Waals surface area (Å²) in [5.74, 6) is 2.02. The summed E-state index contributed by atoms with van der Waals surface area (Å²) in [7, 11) is 0. The Bertz CT molecular complexity index is 1100. The Morgan fingerprint density at radius 2 is 1.97 bits per heavy atom. The fraction of sp³-hybridized carbons (Fsp3) is 0.440. The van der Waals surface area contributed by atoms with Crippen LogP contribution in [0.3, 0.4) is 0 Å². The van der Waals surface area contributed by atoms with Crippen LogP contribution in [-0.2, 0) is 15.7 Å². The van der Waals surface area contributed by atoms with Gasteiger partial charge in [-0.1, -0.05) is 23.8 Å². The van der Waals surface area contributed by atoms with E-state index in [9.17, 15) is 18.4 Å². The SMILES string of the molecule is Cc1cc(C(F)(F)F)c(C#N)c(SCCN2CCN(C3=COC(CC4=CC=CCC4)=CO3)CC2)n1. The van der Waals surface area contributed by atoms with E-state index >= 15 is 0 Å². The summed E-state index contributed by atoms with van der Waals surface area (Å²) in [6.07, 6.45) is 7.93. The first-order valence-electron chi connectivity index (χ1n) is 11.5. The van der Waals surface area contributed by atoms with Gasteiger partial charge in [-0.05, 0) is 25.8 Å². The maximum atomic E-state index is 13.3. The predicted molar refractivity (Wildman–Crippen MR) is 127 cm³/mol. The summed E-state index contributed by atoms with van der Waals surface area (Å²) in [6, 6.07) is 2.61. The number of aromatic nitrogens is 1. The first kappa shape index (κ1) is 25.2. The van der Waals surface area contributed by atoms with E-state index in [0.717, 1.165) is 57.3 Å². The van der Waals surface area contributed by atoms with Gasteiger partial charge in [0.1, 0.15) is 23.1 Å². The van der Waals surface area contributed by atoms with E-state index in [0.29, 0.717) is 18.2 Å². The van der Waals surface area contributed by atoms with Crippen LogP contribution in [0.2, 0.25) is 0 Å². The van der Waals surface area contributed by atoms with Gasteiger partial charge >= 0.3 is 6.18 Å². The molecule has 0 radical (unpaired) electrons. The Labute approximate surface area is 207 Å². The van der Waals surface area contributed by atoms with Crippen molar-refractivity contribution in [2.24, 2.45) is 0 Å². The predicted octanol–water partition coefficient (Wildman–Crippen LogP) is 5.34. The molecule has 2 aliphatic heterocycles. The van der Waals surface area contributed by atoms with Crippen molar-refractivity contribution in [3.05, 3.63) is 70.9 Å². The molecule has 1 aromatic heterocycles. The third-order valence-corrected chi connectivity index (χ3v) is 6.94. The van der Waals surface area contributed by atoms with Gasteiger partial charge in [-0.3, -0.25) is 4.90 Å². The maximum absolute atomic E-state index is 13.3. The van der Waals surface area contributed by atoms with Gasteiger partial charge in [0, 0.05) is 50.6 Å². The highest BCUT2D eigenvalue weighted by atomic mass is 32.2. The molecule has 0 saturated carbocycles. The van der Waals surface area contributed by atoms with Crippen LogP contribution in [0.4, 0.5) is 13.2 Å². The van der Waals surface area contributed by atoms with Gasteiger partial charge < -0.3 is 14.4 Å². The number of hydrogen-bond acceptors (Lipinski definition) is 7. The molecule has 1 saturated heterocycles. The van der Waals surface area contributed by atoms with Gasteiger partial charge in [-0.2, -0.15) is 18.4 Å². The average Bonchev–Trinajstić information content (AvgIpc) is 2.85. The van der Waals surface area contributed by atoms with E-state index in [4.69, 9.17) is 9.47 Å². The van der Waals surface area contributed by atoms with Crippen molar-refractivity contribution < 1.29 is 22.6 Å². The molecule has 1 fully saturated rings. The normalized spacial score (nSPS) is 18.7. The summed E-state index contributed by atoms with van der Waals surface area (Å²) in [5.41, 5.74) is 0.252. The lowest BCUT2D eigenvalue weighted by Crippen LogP contribution is -2.46. The fourth-order valence-corrected chi connectivity index (χ4v) is 5.16. The van der Waals surface area contributed by atoms with Crippen molar-refractivity contribution >= 4 is 11.8 Å². The van der Waals surface area contributed by atoms with Crippen LogP contribution in [-0.4, -0.2) is 53.3 Å². The van der Waals surface area contributed by atoms with E-state index < -0.39 is 17.3 Å². The van der Waals surface area contributed by atoms with Gasteiger partial charge in [0.25, 0.3) is 0 Å². The highest BCUT2D eigenvalue weighted by Gasteiger charge is 2.35. The molecular weight excluding hydrogens is 477 g/mol. The van der Waals surface area contributed by atoms with Crippen LogP contribution in [0.25, 0.3) is 0 Å². The molecule has 35 heavy (non-hydrogen) atoms. The zero-order valence-electron chi connectivity index (χ0n) is 19.5. The zero-order chi connectivity index (χ0) is 24.8. The molecule has 4 rings (SSSR count). The minimum absolute atomic E-state index is 0.138. The lowest BCUT2D eigenvalue weighted by molar-refractivity contribution is -0.138. The number of rotatable bonds is 7. The molecule has 1 aliphatic carbocycles. The largest absolute Gasteiger partial charge is 0.460 e. The van der Waals surface area contributed by atoms with E-state index in [1.54, 1.807) is 18.6 Å². The Morgan fingerprint density at radius 3 is 2.60 bits per heavy atom. The molecule has 0 atom stereocenters.